The van der Waals surface area contributed by atoms with E-state index in [-0.39, 0.29) is 16.8 Å². The second-order valence-corrected chi connectivity index (χ2v) is 7.26. The van der Waals surface area contributed by atoms with Gasteiger partial charge in [-0.25, -0.2) is 13.6 Å². The summed E-state index contributed by atoms with van der Waals surface area (Å²) in [7, 11) is -3.85. The summed E-state index contributed by atoms with van der Waals surface area (Å²) in [4.78, 5) is 14.6. The highest BCUT2D eigenvalue weighted by Crippen LogP contribution is 2.34. The van der Waals surface area contributed by atoms with Gasteiger partial charge in [0.15, 0.2) is 0 Å². The van der Waals surface area contributed by atoms with Crippen molar-refractivity contribution in [1.82, 2.24) is 4.90 Å². The molecule has 2 heterocycles. The van der Waals surface area contributed by atoms with Crippen LogP contribution in [0.3, 0.4) is 0 Å². The number of nitrogens with zero attached hydrogens (tertiary/aromatic N) is 1. The number of primary sulfonamides is 1. The number of carbonyl (C=O) groups is 1. The van der Waals surface area contributed by atoms with Gasteiger partial charge in [-0.3, -0.25) is 4.79 Å². The lowest BCUT2D eigenvalue weighted by atomic mass is 10.1. The molecule has 0 saturated carbocycles. The molecule has 1 aromatic carbocycles. The fourth-order valence-corrected chi connectivity index (χ4v) is 3.49. The van der Waals surface area contributed by atoms with Crippen molar-refractivity contribution in [3.63, 3.8) is 0 Å². The Morgan fingerprint density at radius 2 is 2.13 bits per heavy atom. The number of hydrogen-bond donors (Lipinski definition) is 1. The number of rotatable bonds is 3. The van der Waals surface area contributed by atoms with Crippen LogP contribution in [0.4, 0.5) is 0 Å². The number of aryl methyl sites for hydroxylation is 1. The van der Waals surface area contributed by atoms with Crippen molar-refractivity contribution < 1.29 is 17.6 Å². The van der Waals surface area contributed by atoms with Crippen LogP contribution in [0.5, 0.6) is 0 Å². The fourth-order valence-electron chi connectivity index (χ4n) is 2.95. The van der Waals surface area contributed by atoms with Gasteiger partial charge < -0.3 is 9.32 Å². The topological polar surface area (TPSA) is 93.6 Å². The molecule has 7 heteroatoms. The van der Waals surface area contributed by atoms with E-state index in [9.17, 15) is 13.2 Å². The fraction of sp³-hybridized carbons (Fsp3) is 0.312. The monoisotopic (exact) mass is 334 g/mol. The lowest BCUT2D eigenvalue weighted by Crippen LogP contribution is -2.31. The third-order valence-corrected chi connectivity index (χ3v) is 5.06. The molecule has 1 atom stereocenters. The number of amides is 1. The van der Waals surface area contributed by atoms with E-state index in [0.717, 1.165) is 18.6 Å². The van der Waals surface area contributed by atoms with Crippen molar-refractivity contribution in [2.24, 2.45) is 5.14 Å². The predicted octanol–water partition coefficient (Wildman–Crippen LogP) is 2.21. The van der Waals surface area contributed by atoms with E-state index in [0.29, 0.717) is 17.7 Å². The molecule has 1 aliphatic heterocycles. The smallest absolute Gasteiger partial charge is 0.254 e. The number of carbonyl (C=O) groups excluding carboxylic acids is 1. The molecule has 0 radical (unpaired) electrons. The van der Waals surface area contributed by atoms with Gasteiger partial charge >= 0.3 is 0 Å². The highest BCUT2D eigenvalue weighted by Gasteiger charge is 2.33. The summed E-state index contributed by atoms with van der Waals surface area (Å²) in [6.07, 6.45) is 3.29. The van der Waals surface area contributed by atoms with E-state index >= 15 is 0 Å². The predicted molar refractivity (Wildman–Crippen MR) is 84.3 cm³/mol. The van der Waals surface area contributed by atoms with Crippen molar-refractivity contribution >= 4 is 15.9 Å². The Hall–Kier alpha value is -2.12. The molecule has 23 heavy (non-hydrogen) atoms. The zero-order valence-electron chi connectivity index (χ0n) is 12.7. The minimum Gasteiger partial charge on any atom is -0.467 e. The van der Waals surface area contributed by atoms with E-state index in [2.05, 4.69) is 0 Å². The van der Waals surface area contributed by atoms with E-state index in [1.807, 2.05) is 6.07 Å². The zero-order chi connectivity index (χ0) is 16.6. The van der Waals surface area contributed by atoms with Gasteiger partial charge in [0.2, 0.25) is 10.0 Å². The normalized spacial score (nSPS) is 18.3. The van der Waals surface area contributed by atoms with Crippen LogP contribution in [0, 0.1) is 6.92 Å². The summed E-state index contributed by atoms with van der Waals surface area (Å²) in [6.45, 7) is 2.39. The number of hydrogen-bond acceptors (Lipinski definition) is 4. The van der Waals surface area contributed by atoms with E-state index in [1.54, 1.807) is 30.2 Å². The number of sulfonamides is 1. The molecular formula is C16H18N2O4S. The van der Waals surface area contributed by atoms with Crippen LogP contribution in [-0.4, -0.2) is 25.8 Å². The van der Waals surface area contributed by atoms with Crippen molar-refractivity contribution in [2.45, 2.75) is 30.7 Å². The van der Waals surface area contributed by atoms with Gasteiger partial charge in [-0.15, -0.1) is 0 Å². The van der Waals surface area contributed by atoms with E-state index in [4.69, 9.17) is 9.56 Å². The van der Waals surface area contributed by atoms with Gasteiger partial charge in [-0.05, 0) is 49.6 Å². The standard InChI is InChI=1S/C16H18N2O4S/c1-11-6-7-12(23(17,20)21)10-13(11)16(19)18-8-2-4-14(18)15-5-3-9-22-15/h3,5-7,9-10,14H,2,4,8H2,1H3,(H2,17,20,21)/t14-/m0/s1. The summed E-state index contributed by atoms with van der Waals surface area (Å²) in [6, 6.07) is 7.90. The van der Waals surface area contributed by atoms with Gasteiger partial charge in [-0.2, -0.15) is 0 Å². The van der Waals surface area contributed by atoms with Gasteiger partial charge in [0.1, 0.15) is 5.76 Å². The zero-order valence-corrected chi connectivity index (χ0v) is 13.5. The number of nitrogens with two attached hydrogens (primary N) is 1. The van der Waals surface area contributed by atoms with Crippen molar-refractivity contribution in [2.75, 3.05) is 6.54 Å². The van der Waals surface area contributed by atoms with Crippen LogP contribution in [0.1, 0.15) is 40.6 Å². The highest BCUT2D eigenvalue weighted by molar-refractivity contribution is 7.89. The van der Waals surface area contributed by atoms with Crippen molar-refractivity contribution in [3.05, 3.63) is 53.5 Å². The van der Waals surface area contributed by atoms with Crippen molar-refractivity contribution in [1.29, 1.82) is 0 Å². The van der Waals surface area contributed by atoms with E-state index in [1.165, 1.54) is 12.1 Å². The van der Waals surface area contributed by atoms with Crippen molar-refractivity contribution in [3.8, 4) is 0 Å². The molecule has 6 nitrogen and oxygen atoms in total. The Kier molecular flexibility index (Phi) is 3.99. The first-order chi connectivity index (χ1) is 10.9. The first-order valence-electron chi connectivity index (χ1n) is 7.36. The highest BCUT2D eigenvalue weighted by atomic mass is 32.2. The van der Waals surface area contributed by atoms with Gasteiger partial charge in [0, 0.05) is 12.1 Å². The number of benzene rings is 1. The third-order valence-electron chi connectivity index (χ3n) is 4.15. The summed E-state index contributed by atoms with van der Waals surface area (Å²) in [5.41, 5.74) is 1.07. The van der Waals surface area contributed by atoms with Crippen LogP contribution in [-0.2, 0) is 10.0 Å². The van der Waals surface area contributed by atoms with Crippen LogP contribution in [0.25, 0.3) is 0 Å². The number of likely N-dealkylation sites (tertiary alicyclic amines) is 1. The minimum atomic E-state index is -3.85. The SMILES string of the molecule is Cc1ccc(S(N)(=O)=O)cc1C(=O)N1CCC[C@H]1c1ccco1. The maximum Gasteiger partial charge on any atom is 0.254 e. The molecule has 0 aliphatic carbocycles. The molecule has 122 valence electrons. The molecule has 0 unspecified atom stereocenters. The maximum absolute atomic E-state index is 12.9. The number of furan rings is 1. The average molecular weight is 334 g/mol. The third kappa shape index (κ3) is 3.02. The first kappa shape index (κ1) is 15.8. The van der Waals surface area contributed by atoms with Crippen LogP contribution >= 0.6 is 0 Å². The van der Waals surface area contributed by atoms with Gasteiger partial charge in [0.25, 0.3) is 5.91 Å². The summed E-state index contributed by atoms with van der Waals surface area (Å²) >= 11 is 0. The Morgan fingerprint density at radius 3 is 2.78 bits per heavy atom. The summed E-state index contributed by atoms with van der Waals surface area (Å²) < 4.78 is 28.5. The Morgan fingerprint density at radius 1 is 1.35 bits per heavy atom. The molecule has 0 bridgehead atoms. The molecule has 1 fully saturated rings. The Labute approximate surface area is 134 Å². The Balaban J connectivity index is 1.97. The van der Waals surface area contributed by atoms with E-state index < -0.39 is 10.0 Å². The minimum absolute atomic E-state index is 0.0554. The molecule has 2 aromatic rings. The largest absolute Gasteiger partial charge is 0.467 e. The van der Waals surface area contributed by atoms with Crippen LogP contribution in [0.2, 0.25) is 0 Å². The molecule has 1 aliphatic rings. The Bertz CT molecular complexity index is 828. The quantitative estimate of drug-likeness (QED) is 0.931. The molecule has 2 N–H and O–H groups in total. The van der Waals surface area contributed by atoms with Crippen LogP contribution < -0.4 is 5.14 Å². The lowest BCUT2D eigenvalue weighted by Gasteiger charge is -2.24. The lowest BCUT2D eigenvalue weighted by molar-refractivity contribution is 0.0719. The molecular weight excluding hydrogens is 316 g/mol. The summed E-state index contributed by atoms with van der Waals surface area (Å²) in [5.74, 6) is 0.544. The molecule has 0 spiro atoms. The molecule has 1 amide bonds. The molecule has 1 saturated heterocycles. The molecule has 1 aromatic heterocycles. The second kappa shape index (κ2) is 5.82. The van der Waals surface area contributed by atoms with Gasteiger partial charge in [0.05, 0.1) is 17.2 Å². The average Bonchev–Trinajstić information content (AvgIpc) is 3.16. The first-order valence-corrected chi connectivity index (χ1v) is 8.90. The van der Waals surface area contributed by atoms with Crippen LogP contribution in [0.15, 0.2) is 45.9 Å². The van der Waals surface area contributed by atoms with Gasteiger partial charge in [-0.1, -0.05) is 6.07 Å². The molecule has 3 rings (SSSR count). The maximum atomic E-state index is 12.9. The second-order valence-electron chi connectivity index (χ2n) is 5.69. The summed E-state index contributed by atoms with van der Waals surface area (Å²) in [5, 5.41) is 5.17.